The highest BCUT2D eigenvalue weighted by atomic mass is 19.1. The lowest BCUT2D eigenvalue weighted by Gasteiger charge is -2.32. The average Bonchev–Trinajstić information content (AvgIpc) is 2.98. The largest absolute Gasteiger partial charge is 0.486 e. The molecule has 0 saturated heterocycles. The summed E-state index contributed by atoms with van der Waals surface area (Å²) >= 11 is 0. The number of hydrogen-bond acceptors (Lipinski definition) is 4. The van der Waals surface area contributed by atoms with Gasteiger partial charge in [-0.15, -0.1) is 0 Å². The van der Waals surface area contributed by atoms with Crippen molar-refractivity contribution in [2.75, 3.05) is 0 Å². The monoisotopic (exact) mass is 333 g/mol. The lowest BCUT2D eigenvalue weighted by Crippen LogP contribution is -2.46. The zero-order valence-corrected chi connectivity index (χ0v) is 12.7. The normalized spacial score (nSPS) is 19.4. The first kappa shape index (κ1) is 16.0. The maximum atomic E-state index is 12.8. The third-order valence-corrected chi connectivity index (χ3v) is 3.90. The number of amides is 1. The maximum absolute atomic E-state index is 12.8. The smallest absolute Gasteiger partial charge is 0.306 e. The molecule has 0 aliphatic heterocycles. The van der Waals surface area contributed by atoms with Crippen molar-refractivity contribution in [1.29, 1.82) is 0 Å². The number of carboxylic acids is 1. The fourth-order valence-electron chi connectivity index (χ4n) is 2.46. The zero-order chi connectivity index (χ0) is 17.1. The molecule has 0 atom stereocenters. The summed E-state index contributed by atoms with van der Waals surface area (Å²) in [6, 6.07) is 8.61. The van der Waals surface area contributed by atoms with E-state index in [1.165, 1.54) is 30.3 Å². The van der Waals surface area contributed by atoms with Crippen LogP contribution in [-0.4, -0.2) is 23.0 Å². The SMILES string of the molecule is O=C(NC1CC(C(=O)O)C1)c1ccc(COc2ccc(F)cc2)o1. The fraction of sp³-hybridized carbons (Fsp3) is 0.294. The van der Waals surface area contributed by atoms with Crippen molar-refractivity contribution >= 4 is 11.9 Å². The third kappa shape index (κ3) is 3.73. The van der Waals surface area contributed by atoms with Crippen molar-refractivity contribution in [3.8, 4) is 5.75 Å². The number of hydrogen-bond donors (Lipinski definition) is 2. The predicted octanol–water partition coefficient (Wildman–Crippen LogP) is 2.59. The molecule has 1 aliphatic rings. The van der Waals surface area contributed by atoms with Gasteiger partial charge in [0.1, 0.15) is 23.9 Å². The Morgan fingerprint density at radius 1 is 1.21 bits per heavy atom. The molecule has 6 nitrogen and oxygen atoms in total. The number of nitrogens with one attached hydrogen (secondary N) is 1. The maximum Gasteiger partial charge on any atom is 0.306 e. The van der Waals surface area contributed by atoms with Crippen molar-refractivity contribution in [1.82, 2.24) is 5.32 Å². The summed E-state index contributed by atoms with van der Waals surface area (Å²) in [4.78, 5) is 22.7. The van der Waals surface area contributed by atoms with Gasteiger partial charge in [0, 0.05) is 6.04 Å². The number of carbonyl (C=O) groups excluding carboxylic acids is 1. The number of furan rings is 1. The molecule has 24 heavy (non-hydrogen) atoms. The highest BCUT2D eigenvalue weighted by Gasteiger charge is 2.35. The van der Waals surface area contributed by atoms with Crippen LogP contribution in [0.15, 0.2) is 40.8 Å². The minimum atomic E-state index is -0.835. The molecule has 3 rings (SSSR count). The van der Waals surface area contributed by atoms with Gasteiger partial charge in [0.2, 0.25) is 0 Å². The summed E-state index contributed by atoms with van der Waals surface area (Å²) in [6.45, 7) is 0.115. The van der Waals surface area contributed by atoms with E-state index in [1.54, 1.807) is 6.07 Å². The molecule has 1 aromatic carbocycles. The molecule has 0 bridgehead atoms. The molecular weight excluding hydrogens is 317 g/mol. The molecule has 0 spiro atoms. The summed E-state index contributed by atoms with van der Waals surface area (Å²) in [5.41, 5.74) is 0. The second-order valence-electron chi connectivity index (χ2n) is 5.69. The summed E-state index contributed by atoms with van der Waals surface area (Å²) in [5.74, 6) is -0.844. The molecule has 1 fully saturated rings. The van der Waals surface area contributed by atoms with Gasteiger partial charge in [-0.25, -0.2) is 4.39 Å². The van der Waals surface area contributed by atoms with Crippen molar-refractivity contribution in [3.63, 3.8) is 0 Å². The van der Waals surface area contributed by atoms with Gasteiger partial charge >= 0.3 is 5.97 Å². The predicted molar refractivity (Wildman–Crippen MR) is 81.1 cm³/mol. The molecule has 126 valence electrons. The second kappa shape index (κ2) is 6.74. The van der Waals surface area contributed by atoms with Crippen LogP contribution in [0.25, 0.3) is 0 Å². The summed E-state index contributed by atoms with van der Waals surface area (Å²) in [5, 5.41) is 11.5. The molecule has 2 aromatic rings. The van der Waals surface area contributed by atoms with E-state index in [0.717, 1.165) is 0 Å². The molecule has 1 amide bonds. The Labute approximate surface area is 137 Å². The first-order valence-electron chi connectivity index (χ1n) is 7.52. The third-order valence-electron chi connectivity index (χ3n) is 3.90. The van der Waals surface area contributed by atoms with Gasteiger partial charge in [0.25, 0.3) is 5.91 Å². The van der Waals surface area contributed by atoms with Crippen LogP contribution in [0.4, 0.5) is 4.39 Å². The second-order valence-corrected chi connectivity index (χ2v) is 5.69. The van der Waals surface area contributed by atoms with Crippen LogP contribution in [0.5, 0.6) is 5.75 Å². The number of aliphatic carboxylic acids is 1. The van der Waals surface area contributed by atoms with Crippen LogP contribution < -0.4 is 10.1 Å². The van der Waals surface area contributed by atoms with Crippen LogP contribution in [0.1, 0.15) is 29.2 Å². The molecule has 2 N–H and O–H groups in total. The summed E-state index contributed by atoms with van der Waals surface area (Å²) in [7, 11) is 0. The standard InChI is InChI=1S/C17H16FNO5/c18-11-1-3-13(4-2-11)23-9-14-5-6-15(24-14)16(20)19-12-7-10(8-12)17(21)22/h1-6,10,12H,7-9H2,(H,19,20)(H,21,22). The van der Waals surface area contributed by atoms with E-state index in [4.69, 9.17) is 14.3 Å². The Morgan fingerprint density at radius 2 is 1.92 bits per heavy atom. The van der Waals surface area contributed by atoms with Gasteiger partial charge in [-0.3, -0.25) is 9.59 Å². The van der Waals surface area contributed by atoms with Crippen molar-refractivity contribution in [2.24, 2.45) is 5.92 Å². The molecule has 1 aromatic heterocycles. The van der Waals surface area contributed by atoms with E-state index in [9.17, 15) is 14.0 Å². The van der Waals surface area contributed by atoms with Gasteiger partial charge in [-0.1, -0.05) is 0 Å². The van der Waals surface area contributed by atoms with Crippen LogP contribution in [0.3, 0.4) is 0 Å². The number of benzene rings is 1. The topological polar surface area (TPSA) is 88.8 Å². The minimum Gasteiger partial charge on any atom is -0.486 e. The lowest BCUT2D eigenvalue weighted by atomic mass is 9.80. The number of carboxylic acid groups (broad SMARTS) is 1. The van der Waals surface area contributed by atoms with E-state index >= 15 is 0 Å². The molecule has 7 heteroatoms. The molecule has 1 aliphatic carbocycles. The highest BCUT2D eigenvalue weighted by molar-refractivity contribution is 5.91. The molecule has 0 radical (unpaired) electrons. The first-order valence-corrected chi connectivity index (χ1v) is 7.52. The van der Waals surface area contributed by atoms with Crippen LogP contribution in [0, 0.1) is 11.7 Å². The zero-order valence-electron chi connectivity index (χ0n) is 12.7. The van der Waals surface area contributed by atoms with Gasteiger partial charge in [-0.05, 0) is 49.2 Å². The quantitative estimate of drug-likeness (QED) is 0.848. The summed E-state index contributed by atoms with van der Waals surface area (Å²) in [6.07, 6.45) is 0.866. The van der Waals surface area contributed by atoms with Gasteiger partial charge in [0.05, 0.1) is 5.92 Å². The van der Waals surface area contributed by atoms with Crippen molar-refractivity contribution < 1.29 is 28.2 Å². The number of ether oxygens (including phenoxy) is 1. The van der Waals surface area contributed by atoms with Gasteiger partial charge in [-0.2, -0.15) is 0 Å². The van der Waals surface area contributed by atoms with E-state index in [2.05, 4.69) is 5.32 Å². The van der Waals surface area contributed by atoms with Gasteiger partial charge < -0.3 is 19.6 Å². The van der Waals surface area contributed by atoms with E-state index in [0.29, 0.717) is 24.4 Å². The molecule has 0 unspecified atom stereocenters. The van der Waals surface area contributed by atoms with Crippen molar-refractivity contribution in [3.05, 3.63) is 53.7 Å². The van der Waals surface area contributed by atoms with E-state index < -0.39 is 5.97 Å². The Hall–Kier alpha value is -2.83. The average molecular weight is 333 g/mol. The number of carbonyl (C=O) groups is 2. The molecule has 1 heterocycles. The first-order chi connectivity index (χ1) is 11.5. The van der Waals surface area contributed by atoms with E-state index in [1.807, 2.05) is 0 Å². The Morgan fingerprint density at radius 3 is 2.58 bits per heavy atom. The summed E-state index contributed by atoms with van der Waals surface area (Å²) < 4.78 is 23.6. The number of halogens is 1. The fourth-order valence-corrected chi connectivity index (χ4v) is 2.46. The van der Waals surface area contributed by atoms with E-state index in [-0.39, 0.29) is 36.1 Å². The van der Waals surface area contributed by atoms with Crippen molar-refractivity contribution in [2.45, 2.75) is 25.5 Å². The Bertz CT molecular complexity index is 734. The Balaban J connectivity index is 1.49. The van der Waals surface area contributed by atoms with Gasteiger partial charge in [0.15, 0.2) is 5.76 Å². The minimum absolute atomic E-state index is 0.115. The van der Waals surface area contributed by atoms with Crippen LogP contribution in [-0.2, 0) is 11.4 Å². The Kier molecular flexibility index (Phi) is 4.50. The van der Waals surface area contributed by atoms with Crippen LogP contribution >= 0.6 is 0 Å². The molecule has 1 saturated carbocycles. The lowest BCUT2D eigenvalue weighted by molar-refractivity contribution is -0.145. The number of rotatable bonds is 6. The molecular formula is C17H16FNO5. The van der Waals surface area contributed by atoms with Crippen LogP contribution in [0.2, 0.25) is 0 Å². The highest BCUT2D eigenvalue weighted by Crippen LogP contribution is 2.27.